The summed E-state index contributed by atoms with van der Waals surface area (Å²) in [6.07, 6.45) is 0. The molecule has 0 aliphatic rings. The van der Waals surface area contributed by atoms with Crippen LogP contribution in [0.15, 0.2) is 164 Å². The minimum absolute atomic E-state index is 0. The van der Waals surface area contributed by atoms with Crippen LogP contribution in [0.2, 0.25) is 0 Å². The first-order valence-electron chi connectivity index (χ1n) is 16.3. The van der Waals surface area contributed by atoms with Crippen LogP contribution in [0.25, 0.3) is 43.1 Å². The fourth-order valence-electron chi connectivity index (χ4n) is 6.11. The quantitative estimate of drug-likeness (QED) is 0.100. The predicted molar refractivity (Wildman–Crippen MR) is 198 cm³/mol. The Morgan fingerprint density at radius 3 is 0.950 bits per heavy atom. The summed E-state index contributed by atoms with van der Waals surface area (Å²) >= 11 is 0. The Kier molecular flexibility index (Phi) is 17.9. The Morgan fingerprint density at radius 1 is 0.333 bits per heavy atom. The van der Waals surface area contributed by atoms with E-state index >= 15 is 0 Å². The van der Waals surface area contributed by atoms with Crippen LogP contribution in [0.4, 0.5) is 22.7 Å². The molecule has 0 saturated carbocycles. The van der Waals surface area contributed by atoms with Crippen molar-refractivity contribution in [2.24, 2.45) is 20.5 Å². The first-order chi connectivity index (χ1) is 26.7. The van der Waals surface area contributed by atoms with E-state index in [2.05, 4.69) is 20.5 Å². The van der Waals surface area contributed by atoms with Gasteiger partial charge >= 0.3 is 106 Å². The van der Waals surface area contributed by atoms with Crippen LogP contribution in [0, 0.1) is 0 Å². The number of benzene rings is 8. The van der Waals surface area contributed by atoms with Gasteiger partial charge in [0.25, 0.3) is 0 Å². The third-order valence-electron chi connectivity index (χ3n) is 8.68. The van der Waals surface area contributed by atoms with E-state index in [1.807, 2.05) is 24.3 Å². The number of hydrogen-bond donors (Lipinski definition) is 0. The number of nitrogens with zero attached hydrogens (tertiary/aromatic N) is 4. The molecule has 8 aromatic carbocycles. The van der Waals surface area contributed by atoms with E-state index in [9.17, 15) is 46.4 Å². The van der Waals surface area contributed by atoms with Crippen LogP contribution in [0.5, 0.6) is 23.0 Å². The first kappa shape index (κ1) is 50.9. The van der Waals surface area contributed by atoms with Crippen molar-refractivity contribution in [1.82, 2.24) is 0 Å². The molecule has 60 heavy (non-hydrogen) atoms. The molecule has 8 aromatic rings. The smallest absolute Gasteiger partial charge is 0.871 e. The summed E-state index contributed by atoms with van der Waals surface area (Å²) in [6.45, 7) is 0. The molecule has 0 aliphatic heterocycles. The van der Waals surface area contributed by atoms with Crippen molar-refractivity contribution in [3.63, 3.8) is 0 Å². The molecule has 0 aliphatic carbocycles. The van der Waals surface area contributed by atoms with Crippen molar-refractivity contribution < 1.29 is 152 Å². The third-order valence-corrected chi connectivity index (χ3v) is 10.5. The van der Waals surface area contributed by atoms with Gasteiger partial charge < -0.3 is 29.5 Å². The summed E-state index contributed by atoms with van der Waals surface area (Å²) in [4.78, 5) is -0.896. The molecule has 14 nitrogen and oxygen atoms in total. The van der Waals surface area contributed by atoms with Gasteiger partial charge in [0.1, 0.15) is 20.2 Å². The monoisotopic (exact) mass is 903 g/mol. The molecule has 0 atom stereocenters. The average Bonchev–Trinajstić information content (AvgIpc) is 3.17. The molecule has 0 N–H and O–H groups in total. The zero-order valence-corrected chi connectivity index (χ0v) is 40.7. The van der Waals surface area contributed by atoms with E-state index < -0.39 is 41.5 Å². The molecule has 8 rings (SSSR count). The second-order valence-corrected chi connectivity index (χ2v) is 14.8. The molecule has 0 heterocycles. The number of azo groups is 2. The van der Waals surface area contributed by atoms with Gasteiger partial charge in [-0.3, -0.25) is 0 Å². The van der Waals surface area contributed by atoms with Crippen LogP contribution < -0.4 is 109 Å². The van der Waals surface area contributed by atoms with E-state index in [4.69, 9.17) is 0 Å². The van der Waals surface area contributed by atoms with Gasteiger partial charge in [0.15, 0.2) is 0 Å². The zero-order chi connectivity index (χ0) is 39.8. The Balaban J connectivity index is 0.000000300. The van der Waals surface area contributed by atoms with Crippen LogP contribution in [-0.2, 0) is 37.6 Å². The summed E-state index contributed by atoms with van der Waals surface area (Å²) < 4.78 is 68.9. The van der Waals surface area contributed by atoms with E-state index in [1.165, 1.54) is 48.5 Å². The van der Waals surface area contributed by atoms with Crippen LogP contribution >= 0.6 is 0 Å². The molecular formula is C40H22CrN4Na3O10S2. The normalized spacial score (nSPS) is 11.4. The maximum Gasteiger partial charge on any atom is 3.00 e. The van der Waals surface area contributed by atoms with Gasteiger partial charge in [-0.15, -0.1) is 0 Å². The fourth-order valence-corrected chi connectivity index (χ4v) is 7.49. The summed E-state index contributed by atoms with van der Waals surface area (Å²) in [5.74, 6) is -1.75. The van der Waals surface area contributed by atoms with Gasteiger partial charge in [0, 0.05) is 32.3 Å². The Labute approximate surface area is 420 Å². The molecule has 0 unspecified atom stereocenters. The minimum Gasteiger partial charge on any atom is -0.871 e. The van der Waals surface area contributed by atoms with Gasteiger partial charge in [-0.25, -0.2) is 16.8 Å². The topological polar surface area (TPSA) is 256 Å². The summed E-state index contributed by atoms with van der Waals surface area (Å²) in [6, 6.07) is 33.0. The van der Waals surface area contributed by atoms with Crippen LogP contribution in [0.1, 0.15) is 0 Å². The third kappa shape index (κ3) is 10.8. The van der Waals surface area contributed by atoms with Crippen LogP contribution in [0.3, 0.4) is 0 Å². The van der Waals surface area contributed by atoms with Gasteiger partial charge in [-0.05, 0) is 22.9 Å². The van der Waals surface area contributed by atoms with Crippen molar-refractivity contribution in [3.05, 3.63) is 133 Å². The van der Waals surface area contributed by atoms with Gasteiger partial charge in [0.2, 0.25) is 0 Å². The molecule has 283 valence electrons. The van der Waals surface area contributed by atoms with Gasteiger partial charge in [-0.2, -0.15) is 20.5 Å². The number of hydrogen-bond acceptors (Lipinski definition) is 14. The summed E-state index contributed by atoms with van der Waals surface area (Å²) in [5.41, 5.74) is -0.144. The summed E-state index contributed by atoms with van der Waals surface area (Å²) in [7, 11) is -9.47. The SMILES string of the molecule is O=S(=O)([O-])c1cccc2c(N=Nc3c([O-])ccc4ccccc34)c([O-])ccc12.O=S(=O)([O-])c1cccc2c(N=Nc3c([O-])ccc4ccccc34)c([O-])ccc12.[Cr+3].[Na+].[Na+].[Na+]. The number of fused-ring (bicyclic) bond motifs is 4. The van der Waals surface area contributed by atoms with Gasteiger partial charge in [-0.1, -0.05) is 144 Å². The molecule has 0 amide bonds. The average molecular weight is 904 g/mol. The molecule has 0 bridgehead atoms. The summed E-state index contributed by atoms with van der Waals surface area (Å²) in [5, 5.41) is 68.2. The molecule has 0 spiro atoms. The Hall–Kier alpha value is -3.45. The van der Waals surface area contributed by atoms with Crippen molar-refractivity contribution >= 4 is 86.1 Å². The minimum atomic E-state index is -4.74. The molecule has 1 radical (unpaired) electrons. The molecule has 0 saturated heterocycles. The van der Waals surface area contributed by atoms with Crippen molar-refractivity contribution in [3.8, 4) is 23.0 Å². The molecule has 0 aromatic heterocycles. The Bertz CT molecular complexity index is 2970. The second-order valence-electron chi connectivity index (χ2n) is 12.1. The van der Waals surface area contributed by atoms with E-state index in [0.717, 1.165) is 35.0 Å². The predicted octanol–water partition coefficient (Wildman–Crippen LogP) is -2.07. The molecule has 0 fully saturated rings. The van der Waals surface area contributed by atoms with Crippen molar-refractivity contribution in [1.29, 1.82) is 0 Å². The molecule has 20 heteroatoms. The number of rotatable bonds is 6. The fraction of sp³-hybridized carbons (Fsp3) is 0. The van der Waals surface area contributed by atoms with Crippen LogP contribution in [-0.4, -0.2) is 25.9 Å². The van der Waals surface area contributed by atoms with E-state index in [1.54, 1.807) is 36.4 Å². The first-order valence-corrected chi connectivity index (χ1v) is 19.1. The standard InChI is InChI=1S/2C20H14N2O5S.Cr.3Na/c2*23-16-10-8-12-4-1-2-5-13(12)19(16)21-22-20-15-6-3-7-18(28(25,26)27)14(15)9-11-17(20)24;;;;/h2*1-11,23-24H,(H,25,26,27);;;;/q;;+3;3*+1/p-6. The van der Waals surface area contributed by atoms with Crippen molar-refractivity contribution in [2.45, 2.75) is 9.79 Å². The van der Waals surface area contributed by atoms with E-state index in [0.29, 0.717) is 10.8 Å². The largest absolute Gasteiger partial charge is 3.00 e. The maximum atomic E-state index is 12.3. The Morgan fingerprint density at radius 2 is 0.617 bits per heavy atom. The maximum absolute atomic E-state index is 12.3. The molecular weight excluding hydrogens is 882 g/mol. The van der Waals surface area contributed by atoms with Gasteiger partial charge in [0.05, 0.1) is 32.5 Å². The van der Waals surface area contributed by atoms with Crippen molar-refractivity contribution in [2.75, 3.05) is 0 Å². The zero-order valence-electron chi connectivity index (χ0n) is 31.8. The second kappa shape index (κ2) is 21.1. The van der Waals surface area contributed by atoms with E-state index in [-0.39, 0.29) is 162 Å².